The smallest absolute Gasteiger partial charge is 0.264 e. The van der Waals surface area contributed by atoms with Crippen molar-refractivity contribution in [3.63, 3.8) is 0 Å². The van der Waals surface area contributed by atoms with Crippen LogP contribution in [0.3, 0.4) is 0 Å². The summed E-state index contributed by atoms with van der Waals surface area (Å²) in [6.07, 6.45) is 0. The third-order valence-electron chi connectivity index (χ3n) is 6.33. The molecule has 214 valence electrons. The molecule has 3 aromatic rings. The predicted octanol–water partition coefficient (Wildman–Crippen LogP) is 4.09. The molecule has 0 fully saturated rings. The zero-order valence-electron chi connectivity index (χ0n) is 23.5. The molecule has 10 heteroatoms. The Morgan fingerprint density at radius 1 is 0.850 bits per heavy atom. The van der Waals surface area contributed by atoms with Crippen molar-refractivity contribution in [3.05, 3.63) is 84.4 Å². The molecule has 0 spiro atoms. The number of nitrogens with zero attached hydrogens (tertiary/aromatic N) is 2. The Labute approximate surface area is 236 Å². The number of rotatable bonds is 13. The molecule has 0 radical (unpaired) electrons. The van der Waals surface area contributed by atoms with Gasteiger partial charge in [-0.15, -0.1) is 0 Å². The molecule has 0 aliphatic rings. The van der Waals surface area contributed by atoms with E-state index in [-0.39, 0.29) is 29.0 Å². The van der Waals surface area contributed by atoms with Crippen LogP contribution in [0.2, 0.25) is 0 Å². The van der Waals surface area contributed by atoms with E-state index in [2.05, 4.69) is 5.32 Å². The van der Waals surface area contributed by atoms with E-state index in [0.717, 1.165) is 9.87 Å². The van der Waals surface area contributed by atoms with E-state index >= 15 is 0 Å². The van der Waals surface area contributed by atoms with E-state index in [4.69, 9.17) is 9.47 Å². The van der Waals surface area contributed by atoms with Crippen molar-refractivity contribution in [1.29, 1.82) is 0 Å². The normalized spacial score (nSPS) is 11.9. The number of hydrogen-bond donors (Lipinski definition) is 1. The van der Waals surface area contributed by atoms with Gasteiger partial charge < -0.3 is 19.7 Å². The summed E-state index contributed by atoms with van der Waals surface area (Å²) in [6, 6.07) is 20.8. The van der Waals surface area contributed by atoms with Crippen LogP contribution in [0.4, 0.5) is 5.69 Å². The Morgan fingerprint density at radius 2 is 1.48 bits per heavy atom. The largest absolute Gasteiger partial charge is 0.497 e. The topological polar surface area (TPSA) is 105 Å². The maximum absolute atomic E-state index is 14.0. The van der Waals surface area contributed by atoms with Crippen molar-refractivity contribution in [3.8, 4) is 11.5 Å². The van der Waals surface area contributed by atoms with E-state index < -0.39 is 28.5 Å². The second-order valence-corrected chi connectivity index (χ2v) is 11.5. The van der Waals surface area contributed by atoms with Gasteiger partial charge in [-0.25, -0.2) is 8.42 Å². The predicted molar refractivity (Wildman–Crippen MR) is 155 cm³/mol. The maximum Gasteiger partial charge on any atom is 0.264 e. The lowest BCUT2D eigenvalue weighted by Crippen LogP contribution is -2.51. The average molecular weight is 568 g/mol. The number of sulfonamides is 1. The second-order valence-electron chi connectivity index (χ2n) is 9.68. The van der Waals surface area contributed by atoms with Gasteiger partial charge in [0, 0.05) is 13.1 Å². The zero-order chi connectivity index (χ0) is 29.3. The highest BCUT2D eigenvalue weighted by Gasteiger charge is 2.33. The van der Waals surface area contributed by atoms with Gasteiger partial charge in [0.1, 0.15) is 24.1 Å². The number of ether oxygens (including phenoxy) is 2. The number of hydrogen-bond acceptors (Lipinski definition) is 6. The fourth-order valence-corrected chi connectivity index (χ4v) is 5.48. The van der Waals surface area contributed by atoms with Crippen LogP contribution >= 0.6 is 0 Å². The van der Waals surface area contributed by atoms with Gasteiger partial charge in [0.05, 0.1) is 24.8 Å². The molecule has 40 heavy (non-hydrogen) atoms. The van der Waals surface area contributed by atoms with Gasteiger partial charge in [0.15, 0.2) is 0 Å². The first-order valence-electron chi connectivity index (χ1n) is 13.0. The molecular formula is C30H37N3O6S. The molecule has 1 N–H and O–H groups in total. The molecule has 1 unspecified atom stereocenters. The first-order chi connectivity index (χ1) is 19.1. The highest BCUT2D eigenvalue weighted by atomic mass is 32.2. The van der Waals surface area contributed by atoms with Gasteiger partial charge in [0.25, 0.3) is 10.0 Å². The van der Waals surface area contributed by atoms with Gasteiger partial charge in [-0.1, -0.05) is 56.3 Å². The summed E-state index contributed by atoms with van der Waals surface area (Å²) < 4.78 is 39.5. The third-order valence-corrected chi connectivity index (χ3v) is 8.10. The summed E-state index contributed by atoms with van der Waals surface area (Å²) in [5, 5.41) is 2.88. The summed E-state index contributed by atoms with van der Waals surface area (Å²) >= 11 is 0. The van der Waals surface area contributed by atoms with Crippen LogP contribution in [0, 0.1) is 5.92 Å². The highest BCUT2D eigenvalue weighted by molar-refractivity contribution is 7.92. The number of methoxy groups -OCH3 is 2. The molecule has 0 saturated heterocycles. The molecule has 9 nitrogen and oxygen atoms in total. The van der Waals surface area contributed by atoms with Crippen LogP contribution in [-0.2, 0) is 26.2 Å². The molecule has 2 amide bonds. The standard InChI is InChI=1S/C30H37N3O6S/c1-22(2)19-31-30(35)23(3)32(20-24-15-17-25(38-4)18-16-24)29(34)21-33(27-13-9-10-14-28(27)39-5)40(36,37)26-11-7-6-8-12-26/h6-18,22-23H,19-21H2,1-5H3,(H,31,35). The van der Waals surface area contributed by atoms with Crippen LogP contribution in [-0.4, -0.2) is 58.5 Å². The fourth-order valence-electron chi connectivity index (χ4n) is 4.03. The van der Waals surface area contributed by atoms with Gasteiger partial charge in [0.2, 0.25) is 11.8 Å². The Morgan fingerprint density at radius 3 is 2.08 bits per heavy atom. The maximum atomic E-state index is 14.0. The third kappa shape index (κ3) is 7.53. The van der Waals surface area contributed by atoms with Crippen LogP contribution in [0.15, 0.2) is 83.8 Å². The first-order valence-corrected chi connectivity index (χ1v) is 14.4. The molecule has 1 atom stereocenters. The monoisotopic (exact) mass is 567 g/mol. The van der Waals surface area contributed by atoms with Gasteiger partial charge in [-0.2, -0.15) is 0 Å². The van der Waals surface area contributed by atoms with Crippen molar-refractivity contribution in [1.82, 2.24) is 10.2 Å². The molecule has 0 aromatic heterocycles. The Kier molecular flexibility index (Phi) is 10.6. The van der Waals surface area contributed by atoms with E-state index in [9.17, 15) is 18.0 Å². The summed E-state index contributed by atoms with van der Waals surface area (Å²) in [4.78, 5) is 28.5. The summed E-state index contributed by atoms with van der Waals surface area (Å²) in [6.45, 7) is 5.58. The molecule has 0 bridgehead atoms. The molecule has 0 aliphatic carbocycles. The number of carbonyl (C=O) groups excluding carboxylic acids is 2. The summed E-state index contributed by atoms with van der Waals surface area (Å²) in [5.41, 5.74) is 0.968. The lowest BCUT2D eigenvalue weighted by molar-refractivity contribution is -0.139. The minimum absolute atomic E-state index is 0.0261. The Hall–Kier alpha value is -4.05. The average Bonchev–Trinajstić information content (AvgIpc) is 2.97. The van der Waals surface area contributed by atoms with Crippen LogP contribution in [0.25, 0.3) is 0 Å². The van der Waals surface area contributed by atoms with Crippen molar-refractivity contribution >= 4 is 27.5 Å². The van der Waals surface area contributed by atoms with Crippen molar-refractivity contribution in [2.24, 2.45) is 5.92 Å². The number of carbonyl (C=O) groups is 2. The highest BCUT2D eigenvalue weighted by Crippen LogP contribution is 2.32. The van der Waals surface area contributed by atoms with Crippen LogP contribution in [0.1, 0.15) is 26.3 Å². The van der Waals surface area contributed by atoms with Crippen LogP contribution < -0.4 is 19.1 Å². The molecular weight excluding hydrogens is 530 g/mol. The van der Waals surface area contributed by atoms with Crippen LogP contribution in [0.5, 0.6) is 11.5 Å². The molecule has 3 aromatic carbocycles. The number of nitrogens with one attached hydrogen (secondary N) is 1. The number of benzene rings is 3. The molecule has 0 aliphatic heterocycles. The minimum atomic E-state index is -4.18. The first kappa shape index (κ1) is 30.5. The van der Waals surface area contributed by atoms with Gasteiger partial charge in [-0.3, -0.25) is 13.9 Å². The lowest BCUT2D eigenvalue weighted by atomic mass is 10.1. The number of para-hydroxylation sites is 2. The van der Waals surface area contributed by atoms with Gasteiger partial charge >= 0.3 is 0 Å². The van der Waals surface area contributed by atoms with Crippen molar-refractivity contribution in [2.75, 3.05) is 31.6 Å². The molecule has 0 saturated carbocycles. The summed E-state index contributed by atoms with van der Waals surface area (Å²) in [5.74, 6) is 0.289. The number of anilines is 1. The van der Waals surface area contributed by atoms with E-state index in [1.165, 1.54) is 24.1 Å². The van der Waals surface area contributed by atoms with E-state index in [0.29, 0.717) is 18.0 Å². The fraction of sp³-hybridized carbons (Fsp3) is 0.333. The minimum Gasteiger partial charge on any atom is -0.497 e. The van der Waals surface area contributed by atoms with Crippen molar-refractivity contribution < 1.29 is 27.5 Å². The molecule has 3 rings (SSSR count). The Bertz CT molecular complexity index is 1380. The zero-order valence-corrected chi connectivity index (χ0v) is 24.4. The SMILES string of the molecule is COc1ccc(CN(C(=O)CN(c2ccccc2OC)S(=O)(=O)c2ccccc2)C(C)C(=O)NCC(C)C)cc1. The Balaban J connectivity index is 2.03. The molecule has 0 heterocycles. The van der Waals surface area contributed by atoms with E-state index in [1.54, 1.807) is 80.8 Å². The van der Waals surface area contributed by atoms with Gasteiger partial charge in [-0.05, 0) is 54.8 Å². The second kappa shape index (κ2) is 13.8. The summed E-state index contributed by atoms with van der Waals surface area (Å²) in [7, 11) is -1.18. The van der Waals surface area contributed by atoms with E-state index in [1.807, 2.05) is 13.8 Å². The quantitative estimate of drug-likeness (QED) is 0.334. The lowest BCUT2D eigenvalue weighted by Gasteiger charge is -2.32. The van der Waals surface area contributed by atoms with Crippen molar-refractivity contribution in [2.45, 2.75) is 38.3 Å². The number of amides is 2.